The van der Waals surface area contributed by atoms with Gasteiger partial charge in [-0.05, 0) is 13.8 Å². The lowest BCUT2D eigenvalue weighted by atomic mass is 10.2. The Hall–Kier alpha value is -2.11. The summed E-state index contributed by atoms with van der Waals surface area (Å²) in [5, 5.41) is 11.2. The lowest BCUT2D eigenvalue weighted by Gasteiger charge is -2.02. The van der Waals surface area contributed by atoms with Crippen molar-refractivity contribution >= 4 is 11.6 Å². The summed E-state index contributed by atoms with van der Waals surface area (Å²) < 4.78 is 3.74. The van der Waals surface area contributed by atoms with E-state index in [-0.39, 0.29) is 5.91 Å². The highest BCUT2D eigenvalue weighted by Crippen LogP contribution is 2.11. The fourth-order valence-electron chi connectivity index (χ4n) is 1.85. The van der Waals surface area contributed by atoms with Crippen molar-refractivity contribution in [1.29, 1.82) is 0 Å². The molecule has 6 nitrogen and oxygen atoms in total. The Morgan fingerprint density at radius 2 is 2.17 bits per heavy atom. The molecule has 0 aliphatic heterocycles. The lowest BCUT2D eigenvalue weighted by Crippen LogP contribution is -2.05. The van der Waals surface area contributed by atoms with Gasteiger partial charge in [0.05, 0.1) is 24.6 Å². The molecule has 0 fully saturated rings. The number of rotatable bonds is 4. The van der Waals surface area contributed by atoms with E-state index in [1.807, 2.05) is 24.0 Å². The predicted octanol–water partition coefficient (Wildman–Crippen LogP) is 1.41. The predicted molar refractivity (Wildman–Crippen MR) is 68.3 cm³/mol. The number of hydrogen-bond acceptors (Lipinski definition) is 3. The Labute approximate surface area is 106 Å². The molecule has 0 spiro atoms. The van der Waals surface area contributed by atoms with Gasteiger partial charge in [0.1, 0.15) is 0 Å². The first-order chi connectivity index (χ1) is 8.60. The summed E-state index contributed by atoms with van der Waals surface area (Å²) in [6, 6.07) is 0. The smallest absolute Gasteiger partial charge is 0.221 e. The molecule has 0 atom stereocenters. The molecular weight excluding hydrogens is 230 g/mol. The van der Waals surface area contributed by atoms with Crippen molar-refractivity contribution in [1.82, 2.24) is 19.6 Å². The van der Waals surface area contributed by atoms with E-state index in [0.29, 0.717) is 12.2 Å². The van der Waals surface area contributed by atoms with E-state index in [1.165, 1.54) is 6.92 Å². The monoisotopic (exact) mass is 247 g/mol. The molecule has 96 valence electrons. The van der Waals surface area contributed by atoms with Gasteiger partial charge in [-0.1, -0.05) is 0 Å². The maximum absolute atomic E-state index is 10.9. The third-order valence-electron chi connectivity index (χ3n) is 2.79. The van der Waals surface area contributed by atoms with Crippen LogP contribution in [-0.2, 0) is 17.9 Å². The third-order valence-corrected chi connectivity index (χ3v) is 2.79. The van der Waals surface area contributed by atoms with Gasteiger partial charge in [-0.2, -0.15) is 10.2 Å². The molecular formula is C12H17N5O. The minimum atomic E-state index is -0.0930. The highest BCUT2D eigenvalue weighted by atomic mass is 16.1. The van der Waals surface area contributed by atoms with E-state index in [9.17, 15) is 4.79 Å². The molecule has 2 aromatic heterocycles. The number of nitrogens with one attached hydrogen (secondary N) is 1. The zero-order valence-electron chi connectivity index (χ0n) is 10.8. The van der Waals surface area contributed by atoms with Gasteiger partial charge >= 0.3 is 0 Å². The summed E-state index contributed by atoms with van der Waals surface area (Å²) in [4.78, 5) is 10.9. The average Bonchev–Trinajstić information content (AvgIpc) is 2.87. The summed E-state index contributed by atoms with van der Waals surface area (Å²) >= 11 is 0. The molecule has 0 saturated carbocycles. The van der Waals surface area contributed by atoms with Gasteiger partial charge in [-0.25, -0.2) is 0 Å². The number of nitrogens with zero attached hydrogens (tertiary/aromatic N) is 4. The van der Waals surface area contributed by atoms with E-state index >= 15 is 0 Å². The Bertz CT molecular complexity index is 555. The molecule has 0 saturated heterocycles. The van der Waals surface area contributed by atoms with Crippen LogP contribution in [0.3, 0.4) is 0 Å². The standard InChI is InChI=1S/C12H17N5O/c1-4-17-9(2)11(5-14-17)7-16-8-12(6-13-16)15-10(3)18/h5-6,8H,4,7H2,1-3H3,(H,15,18). The van der Waals surface area contributed by atoms with E-state index in [4.69, 9.17) is 0 Å². The second kappa shape index (κ2) is 5.03. The quantitative estimate of drug-likeness (QED) is 0.888. The topological polar surface area (TPSA) is 64.7 Å². The lowest BCUT2D eigenvalue weighted by molar-refractivity contribution is -0.114. The Morgan fingerprint density at radius 1 is 1.39 bits per heavy atom. The van der Waals surface area contributed by atoms with Crippen LogP contribution in [0.5, 0.6) is 0 Å². The van der Waals surface area contributed by atoms with Crippen LogP contribution < -0.4 is 5.32 Å². The van der Waals surface area contributed by atoms with Crippen molar-refractivity contribution in [2.45, 2.75) is 33.9 Å². The van der Waals surface area contributed by atoms with Gasteiger partial charge in [0, 0.05) is 30.9 Å². The second-order valence-electron chi connectivity index (χ2n) is 4.18. The average molecular weight is 247 g/mol. The normalized spacial score (nSPS) is 10.6. The van der Waals surface area contributed by atoms with Crippen LogP contribution in [-0.4, -0.2) is 25.5 Å². The van der Waals surface area contributed by atoms with Gasteiger partial charge in [0.2, 0.25) is 5.91 Å². The van der Waals surface area contributed by atoms with Crippen LogP contribution in [0.15, 0.2) is 18.6 Å². The zero-order chi connectivity index (χ0) is 13.1. The Kier molecular flexibility index (Phi) is 3.45. The number of carbonyl (C=O) groups is 1. The number of carbonyl (C=O) groups excluding carboxylic acids is 1. The van der Waals surface area contributed by atoms with E-state index in [0.717, 1.165) is 17.8 Å². The summed E-state index contributed by atoms with van der Waals surface area (Å²) in [5.41, 5.74) is 2.99. The summed E-state index contributed by atoms with van der Waals surface area (Å²) in [6.45, 7) is 7.11. The van der Waals surface area contributed by atoms with Crippen molar-refractivity contribution in [2.24, 2.45) is 0 Å². The summed E-state index contributed by atoms with van der Waals surface area (Å²) in [5.74, 6) is -0.0930. The fraction of sp³-hybridized carbons (Fsp3) is 0.417. The third kappa shape index (κ3) is 2.58. The molecule has 0 aliphatic carbocycles. The first kappa shape index (κ1) is 12.3. The minimum Gasteiger partial charge on any atom is -0.324 e. The molecule has 0 aromatic carbocycles. The van der Waals surface area contributed by atoms with Crippen LogP contribution in [0.1, 0.15) is 25.1 Å². The van der Waals surface area contributed by atoms with Gasteiger partial charge in [0.25, 0.3) is 0 Å². The van der Waals surface area contributed by atoms with Crippen LogP contribution in [0.4, 0.5) is 5.69 Å². The van der Waals surface area contributed by atoms with Crippen molar-refractivity contribution in [3.05, 3.63) is 29.8 Å². The Morgan fingerprint density at radius 3 is 2.78 bits per heavy atom. The Balaban J connectivity index is 2.11. The van der Waals surface area contributed by atoms with Crippen LogP contribution in [0, 0.1) is 6.92 Å². The molecule has 2 rings (SSSR count). The molecule has 6 heteroatoms. The molecule has 2 aromatic rings. The number of anilines is 1. The number of aromatic nitrogens is 4. The summed E-state index contributed by atoms with van der Waals surface area (Å²) in [6.07, 6.45) is 5.31. The highest BCUT2D eigenvalue weighted by Gasteiger charge is 2.07. The van der Waals surface area contributed by atoms with E-state index < -0.39 is 0 Å². The van der Waals surface area contributed by atoms with E-state index in [2.05, 4.69) is 22.4 Å². The van der Waals surface area contributed by atoms with E-state index in [1.54, 1.807) is 10.9 Å². The molecule has 0 bridgehead atoms. The first-order valence-corrected chi connectivity index (χ1v) is 5.91. The summed E-state index contributed by atoms with van der Waals surface area (Å²) in [7, 11) is 0. The first-order valence-electron chi connectivity index (χ1n) is 5.91. The number of hydrogen-bond donors (Lipinski definition) is 1. The van der Waals surface area contributed by atoms with Crippen LogP contribution in [0.25, 0.3) is 0 Å². The molecule has 1 amide bonds. The second-order valence-corrected chi connectivity index (χ2v) is 4.18. The molecule has 1 N–H and O–H groups in total. The van der Waals surface area contributed by atoms with Crippen molar-refractivity contribution < 1.29 is 4.79 Å². The molecule has 0 unspecified atom stereocenters. The van der Waals surface area contributed by atoms with Crippen molar-refractivity contribution in [2.75, 3.05) is 5.32 Å². The largest absolute Gasteiger partial charge is 0.324 e. The van der Waals surface area contributed by atoms with Gasteiger partial charge in [0.15, 0.2) is 0 Å². The fourth-order valence-corrected chi connectivity index (χ4v) is 1.85. The van der Waals surface area contributed by atoms with Crippen molar-refractivity contribution in [3.63, 3.8) is 0 Å². The van der Waals surface area contributed by atoms with Crippen molar-refractivity contribution in [3.8, 4) is 0 Å². The number of aryl methyl sites for hydroxylation is 1. The molecule has 0 radical (unpaired) electrons. The van der Waals surface area contributed by atoms with Gasteiger partial charge in [-0.3, -0.25) is 14.2 Å². The molecule has 18 heavy (non-hydrogen) atoms. The SMILES string of the molecule is CCn1ncc(Cn2cc(NC(C)=O)cn2)c1C. The zero-order valence-corrected chi connectivity index (χ0v) is 10.8. The van der Waals surface area contributed by atoms with Gasteiger partial charge < -0.3 is 5.32 Å². The van der Waals surface area contributed by atoms with Crippen LogP contribution >= 0.6 is 0 Å². The van der Waals surface area contributed by atoms with Gasteiger partial charge in [-0.15, -0.1) is 0 Å². The minimum absolute atomic E-state index is 0.0930. The van der Waals surface area contributed by atoms with Crippen LogP contribution in [0.2, 0.25) is 0 Å². The molecule has 2 heterocycles. The highest BCUT2D eigenvalue weighted by molar-refractivity contribution is 5.88. The number of amides is 1. The molecule has 0 aliphatic rings. The maximum Gasteiger partial charge on any atom is 0.221 e. The maximum atomic E-state index is 10.9.